The van der Waals surface area contributed by atoms with Crippen LogP contribution in [-0.4, -0.2) is 19.5 Å². The summed E-state index contributed by atoms with van der Waals surface area (Å²) in [7, 11) is 0. The molecule has 1 aliphatic heterocycles. The molecule has 1 aromatic rings. The summed E-state index contributed by atoms with van der Waals surface area (Å²) in [5.74, 6) is 0. The van der Waals surface area contributed by atoms with E-state index in [9.17, 15) is 0 Å². The average molecular weight is 209 g/mol. The predicted molar refractivity (Wildman–Crippen MR) is 59.5 cm³/mol. The highest BCUT2D eigenvalue weighted by Crippen LogP contribution is 2.28. The zero-order valence-electron chi connectivity index (χ0n) is 8.32. The molecule has 1 saturated heterocycles. The molecule has 0 spiro atoms. The number of hydrogen-bond acceptors (Lipinski definition) is 3. The first-order valence-electron chi connectivity index (χ1n) is 4.76. The van der Waals surface area contributed by atoms with Crippen molar-refractivity contribution in [2.75, 3.05) is 19.5 Å². The predicted octanol–water partition coefficient (Wildman–Crippen LogP) is 1.98. The Morgan fingerprint density at radius 1 is 1.36 bits per heavy atom. The van der Waals surface area contributed by atoms with E-state index in [1.54, 1.807) is 11.8 Å². The Morgan fingerprint density at radius 3 is 2.57 bits per heavy atom. The first kappa shape index (κ1) is 10.0. The van der Waals surface area contributed by atoms with Crippen molar-refractivity contribution in [1.29, 1.82) is 0 Å². The zero-order chi connectivity index (χ0) is 10.0. The number of thioether (sulfide) groups is 1. The van der Waals surface area contributed by atoms with Crippen LogP contribution in [0.1, 0.15) is 12.0 Å². The van der Waals surface area contributed by atoms with Gasteiger partial charge < -0.3 is 10.5 Å². The summed E-state index contributed by atoms with van der Waals surface area (Å²) in [6, 6.07) is 8.46. The Morgan fingerprint density at radius 2 is 2.07 bits per heavy atom. The second-order valence-electron chi connectivity index (χ2n) is 3.69. The van der Waals surface area contributed by atoms with Crippen molar-refractivity contribution in [3.05, 3.63) is 29.8 Å². The lowest BCUT2D eigenvalue weighted by molar-refractivity contribution is 0.178. The van der Waals surface area contributed by atoms with Crippen LogP contribution in [0.25, 0.3) is 0 Å². The van der Waals surface area contributed by atoms with Gasteiger partial charge in [0.05, 0.1) is 12.1 Å². The average Bonchev–Trinajstić information content (AvgIpc) is 2.67. The third-order valence-electron chi connectivity index (χ3n) is 2.72. The van der Waals surface area contributed by atoms with Gasteiger partial charge in [0.1, 0.15) is 0 Å². The van der Waals surface area contributed by atoms with E-state index >= 15 is 0 Å². The van der Waals surface area contributed by atoms with E-state index in [0.29, 0.717) is 6.61 Å². The van der Waals surface area contributed by atoms with Gasteiger partial charge in [-0.1, -0.05) is 12.1 Å². The van der Waals surface area contributed by atoms with E-state index in [-0.39, 0.29) is 5.54 Å². The van der Waals surface area contributed by atoms with Gasteiger partial charge in [-0.25, -0.2) is 0 Å². The Kier molecular flexibility index (Phi) is 2.81. The zero-order valence-corrected chi connectivity index (χ0v) is 9.14. The van der Waals surface area contributed by atoms with Gasteiger partial charge in [-0.15, -0.1) is 11.8 Å². The summed E-state index contributed by atoms with van der Waals surface area (Å²) < 4.78 is 5.34. The summed E-state index contributed by atoms with van der Waals surface area (Å²) in [6.07, 6.45) is 3.00. The van der Waals surface area contributed by atoms with Crippen molar-refractivity contribution in [2.45, 2.75) is 16.9 Å². The molecule has 2 nitrogen and oxygen atoms in total. The van der Waals surface area contributed by atoms with E-state index in [2.05, 4.69) is 30.5 Å². The molecule has 0 bridgehead atoms. The molecule has 0 aliphatic carbocycles. The van der Waals surface area contributed by atoms with E-state index < -0.39 is 0 Å². The summed E-state index contributed by atoms with van der Waals surface area (Å²) in [5, 5.41) is 0. The SMILES string of the molecule is CSc1ccc([C@]2(N)CCOC2)cc1. The standard InChI is InChI=1S/C11H15NOS/c1-14-10-4-2-9(3-5-10)11(12)6-7-13-8-11/h2-5H,6-8,12H2,1H3/t11-/m0/s1. The van der Waals surface area contributed by atoms with Gasteiger partial charge in [-0.3, -0.25) is 0 Å². The van der Waals surface area contributed by atoms with Crippen molar-refractivity contribution in [2.24, 2.45) is 5.73 Å². The van der Waals surface area contributed by atoms with Crippen LogP contribution < -0.4 is 5.73 Å². The van der Waals surface area contributed by atoms with Crippen LogP contribution in [0.3, 0.4) is 0 Å². The summed E-state index contributed by atoms with van der Waals surface area (Å²) in [5.41, 5.74) is 7.17. The van der Waals surface area contributed by atoms with Crippen LogP contribution in [0.5, 0.6) is 0 Å². The lowest BCUT2D eigenvalue weighted by Gasteiger charge is -2.22. The summed E-state index contributed by atoms with van der Waals surface area (Å²) >= 11 is 1.75. The minimum absolute atomic E-state index is 0.253. The van der Waals surface area contributed by atoms with Gasteiger partial charge in [-0.05, 0) is 30.4 Å². The lowest BCUT2D eigenvalue weighted by Crippen LogP contribution is -2.36. The van der Waals surface area contributed by atoms with Crippen LogP contribution in [0.15, 0.2) is 29.2 Å². The fourth-order valence-corrected chi connectivity index (χ4v) is 2.14. The Labute approximate surface area is 88.8 Å². The Hall–Kier alpha value is -0.510. The van der Waals surface area contributed by atoms with Gasteiger partial charge in [0.25, 0.3) is 0 Å². The van der Waals surface area contributed by atoms with Crippen LogP contribution in [0.4, 0.5) is 0 Å². The number of nitrogens with two attached hydrogens (primary N) is 1. The molecule has 1 aromatic carbocycles. The minimum Gasteiger partial charge on any atom is -0.379 e. The van der Waals surface area contributed by atoms with Crippen molar-refractivity contribution >= 4 is 11.8 Å². The van der Waals surface area contributed by atoms with Gasteiger partial charge in [0.15, 0.2) is 0 Å². The number of rotatable bonds is 2. The highest BCUT2D eigenvalue weighted by Gasteiger charge is 2.31. The second-order valence-corrected chi connectivity index (χ2v) is 4.57. The second kappa shape index (κ2) is 3.93. The van der Waals surface area contributed by atoms with Crippen LogP contribution in [-0.2, 0) is 10.3 Å². The molecule has 1 heterocycles. The third-order valence-corrected chi connectivity index (χ3v) is 3.46. The summed E-state index contributed by atoms with van der Waals surface area (Å²) in [6.45, 7) is 1.42. The Bertz CT molecular complexity index is 304. The molecular formula is C11H15NOS. The van der Waals surface area contributed by atoms with E-state index in [1.807, 2.05) is 0 Å². The summed E-state index contributed by atoms with van der Waals surface area (Å²) in [4.78, 5) is 1.27. The lowest BCUT2D eigenvalue weighted by atomic mass is 9.91. The van der Waals surface area contributed by atoms with Crippen LogP contribution in [0.2, 0.25) is 0 Å². The fourth-order valence-electron chi connectivity index (χ4n) is 1.73. The van der Waals surface area contributed by atoms with Crippen molar-refractivity contribution in [3.8, 4) is 0 Å². The number of benzene rings is 1. The minimum atomic E-state index is -0.253. The maximum Gasteiger partial charge on any atom is 0.0689 e. The largest absolute Gasteiger partial charge is 0.379 e. The van der Waals surface area contributed by atoms with E-state index in [0.717, 1.165) is 13.0 Å². The molecule has 2 N–H and O–H groups in total. The third kappa shape index (κ3) is 1.80. The van der Waals surface area contributed by atoms with E-state index in [1.165, 1.54) is 10.5 Å². The number of hydrogen-bond donors (Lipinski definition) is 1. The van der Waals surface area contributed by atoms with E-state index in [4.69, 9.17) is 10.5 Å². The molecule has 0 radical (unpaired) electrons. The van der Waals surface area contributed by atoms with Gasteiger partial charge in [0, 0.05) is 11.5 Å². The van der Waals surface area contributed by atoms with Crippen molar-refractivity contribution in [1.82, 2.24) is 0 Å². The molecule has 14 heavy (non-hydrogen) atoms. The van der Waals surface area contributed by atoms with Gasteiger partial charge in [-0.2, -0.15) is 0 Å². The molecule has 1 aliphatic rings. The monoisotopic (exact) mass is 209 g/mol. The van der Waals surface area contributed by atoms with Crippen LogP contribution in [0, 0.1) is 0 Å². The normalized spacial score (nSPS) is 26.7. The molecule has 0 aromatic heterocycles. The molecule has 76 valence electrons. The molecule has 3 heteroatoms. The smallest absolute Gasteiger partial charge is 0.0689 e. The quantitative estimate of drug-likeness (QED) is 0.756. The highest BCUT2D eigenvalue weighted by atomic mass is 32.2. The first-order valence-corrected chi connectivity index (χ1v) is 5.98. The van der Waals surface area contributed by atoms with Crippen molar-refractivity contribution in [3.63, 3.8) is 0 Å². The van der Waals surface area contributed by atoms with Gasteiger partial charge >= 0.3 is 0 Å². The molecule has 0 saturated carbocycles. The Balaban J connectivity index is 2.23. The maximum atomic E-state index is 6.24. The molecule has 2 rings (SSSR count). The topological polar surface area (TPSA) is 35.2 Å². The molecule has 1 fully saturated rings. The molecule has 1 atom stereocenters. The molecule has 0 amide bonds. The maximum absolute atomic E-state index is 6.24. The number of ether oxygens (including phenoxy) is 1. The van der Waals surface area contributed by atoms with Gasteiger partial charge in [0.2, 0.25) is 0 Å². The fraction of sp³-hybridized carbons (Fsp3) is 0.455. The molecular weight excluding hydrogens is 194 g/mol. The van der Waals surface area contributed by atoms with Crippen molar-refractivity contribution < 1.29 is 4.74 Å². The first-order chi connectivity index (χ1) is 6.74. The van der Waals surface area contributed by atoms with Crippen LogP contribution >= 0.6 is 11.8 Å². The highest BCUT2D eigenvalue weighted by molar-refractivity contribution is 7.98. The molecule has 0 unspecified atom stereocenters.